The van der Waals surface area contributed by atoms with Crippen LogP contribution in [0, 0.1) is 5.92 Å². The van der Waals surface area contributed by atoms with Crippen LogP contribution in [0.1, 0.15) is 26.7 Å². The number of nitrogens with zero attached hydrogens (tertiary/aromatic N) is 4. The molecule has 1 N–H and O–H groups in total. The summed E-state index contributed by atoms with van der Waals surface area (Å²) < 4.78 is 1.45. The molecule has 7 heteroatoms. The van der Waals surface area contributed by atoms with E-state index in [4.69, 9.17) is 0 Å². The van der Waals surface area contributed by atoms with Gasteiger partial charge in [0.15, 0.2) is 5.82 Å². The largest absolute Gasteiger partial charge is 0.342 e. The molecule has 1 fully saturated rings. The number of anilines is 1. The number of amides is 2. The molecular weight excluding hydrogens is 246 g/mol. The zero-order valence-electron chi connectivity index (χ0n) is 11.3. The fourth-order valence-electron chi connectivity index (χ4n) is 1.82. The topological polar surface area (TPSA) is 80.1 Å². The highest BCUT2D eigenvalue weighted by atomic mass is 16.2. The normalized spacial score (nSPS) is 14.2. The highest BCUT2D eigenvalue weighted by Gasteiger charge is 2.30. The van der Waals surface area contributed by atoms with E-state index in [-0.39, 0.29) is 24.3 Å². The van der Waals surface area contributed by atoms with E-state index in [9.17, 15) is 9.59 Å². The van der Waals surface area contributed by atoms with Crippen LogP contribution < -0.4 is 5.32 Å². The van der Waals surface area contributed by atoms with Crippen LogP contribution >= 0.6 is 0 Å². The molecule has 0 aromatic carbocycles. The summed E-state index contributed by atoms with van der Waals surface area (Å²) in [6.45, 7) is 5.37. The lowest BCUT2D eigenvalue weighted by molar-refractivity contribution is -0.131. The van der Waals surface area contributed by atoms with Crippen LogP contribution in [0.5, 0.6) is 0 Å². The molecule has 104 valence electrons. The molecule has 1 aliphatic rings. The summed E-state index contributed by atoms with van der Waals surface area (Å²) in [6, 6.07) is 0. The van der Waals surface area contributed by atoms with Crippen molar-refractivity contribution in [1.29, 1.82) is 0 Å². The van der Waals surface area contributed by atoms with Gasteiger partial charge >= 0.3 is 0 Å². The van der Waals surface area contributed by atoms with E-state index in [1.165, 1.54) is 4.68 Å². The molecule has 7 nitrogen and oxygen atoms in total. The zero-order valence-corrected chi connectivity index (χ0v) is 11.3. The molecule has 0 atom stereocenters. The summed E-state index contributed by atoms with van der Waals surface area (Å²) in [7, 11) is 0. The Morgan fingerprint density at radius 2 is 2.11 bits per heavy atom. The molecule has 2 amide bonds. The van der Waals surface area contributed by atoms with Crippen molar-refractivity contribution >= 4 is 17.6 Å². The van der Waals surface area contributed by atoms with Gasteiger partial charge in [-0.15, -0.1) is 5.10 Å². The Labute approximate surface area is 112 Å². The van der Waals surface area contributed by atoms with Crippen molar-refractivity contribution in [2.75, 3.05) is 18.4 Å². The fourth-order valence-corrected chi connectivity index (χ4v) is 1.82. The van der Waals surface area contributed by atoms with Crippen molar-refractivity contribution in [1.82, 2.24) is 19.9 Å². The van der Waals surface area contributed by atoms with Gasteiger partial charge in [0.25, 0.3) is 0 Å². The van der Waals surface area contributed by atoms with E-state index in [1.807, 2.05) is 13.8 Å². The Hall–Kier alpha value is -1.92. The van der Waals surface area contributed by atoms with Crippen molar-refractivity contribution in [3.63, 3.8) is 0 Å². The number of likely N-dealkylation sites (N-methyl/N-ethyl adjacent to an activating group) is 1. The van der Waals surface area contributed by atoms with Gasteiger partial charge in [-0.2, -0.15) is 0 Å². The molecular formula is C12H19N5O2. The highest BCUT2D eigenvalue weighted by Crippen LogP contribution is 2.29. The number of aromatic nitrogens is 3. The van der Waals surface area contributed by atoms with E-state index in [0.29, 0.717) is 18.9 Å². The van der Waals surface area contributed by atoms with Crippen LogP contribution in [0.15, 0.2) is 6.20 Å². The minimum Gasteiger partial charge on any atom is -0.342 e. The molecule has 1 heterocycles. The van der Waals surface area contributed by atoms with Gasteiger partial charge in [0.1, 0.15) is 6.54 Å². The molecule has 0 saturated heterocycles. The molecule has 0 spiro atoms. The average molecular weight is 265 g/mol. The van der Waals surface area contributed by atoms with Gasteiger partial charge in [-0.1, -0.05) is 5.21 Å². The Morgan fingerprint density at radius 1 is 1.42 bits per heavy atom. The second-order valence-corrected chi connectivity index (χ2v) is 4.63. The van der Waals surface area contributed by atoms with Crippen molar-refractivity contribution < 1.29 is 9.59 Å². The third-order valence-electron chi connectivity index (χ3n) is 3.15. The number of hydrogen-bond acceptors (Lipinski definition) is 4. The van der Waals surface area contributed by atoms with E-state index in [0.717, 1.165) is 12.8 Å². The maximum absolute atomic E-state index is 11.9. The first kappa shape index (κ1) is 13.5. The SMILES string of the molecule is CCN(CC)C(=O)Cn1cc(NC(=O)C2CC2)nn1. The van der Waals surface area contributed by atoms with Gasteiger partial charge in [-0.05, 0) is 26.7 Å². The van der Waals surface area contributed by atoms with Crippen LogP contribution in [0.2, 0.25) is 0 Å². The van der Waals surface area contributed by atoms with Gasteiger partial charge < -0.3 is 10.2 Å². The second-order valence-electron chi connectivity index (χ2n) is 4.63. The minimum atomic E-state index is -0.0119. The van der Waals surface area contributed by atoms with Gasteiger partial charge in [0.05, 0.1) is 6.20 Å². The van der Waals surface area contributed by atoms with Crippen LogP contribution in [-0.4, -0.2) is 44.8 Å². The molecule has 1 aromatic heterocycles. The number of carbonyl (C=O) groups is 2. The maximum atomic E-state index is 11.9. The molecule has 1 aromatic rings. The van der Waals surface area contributed by atoms with Crippen molar-refractivity contribution in [2.24, 2.45) is 5.92 Å². The summed E-state index contributed by atoms with van der Waals surface area (Å²) in [4.78, 5) is 25.1. The predicted molar refractivity (Wildman–Crippen MR) is 69.3 cm³/mol. The van der Waals surface area contributed by atoms with Gasteiger partial charge in [-0.25, -0.2) is 4.68 Å². The molecule has 19 heavy (non-hydrogen) atoms. The molecule has 0 bridgehead atoms. The standard InChI is InChI=1S/C12H19N5O2/c1-3-16(4-2)11(18)8-17-7-10(14-15-17)13-12(19)9-5-6-9/h7,9H,3-6,8H2,1-2H3,(H,13,19). The summed E-state index contributed by atoms with van der Waals surface area (Å²) in [5, 5.41) is 10.4. The third-order valence-corrected chi connectivity index (χ3v) is 3.15. The van der Waals surface area contributed by atoms with Crippen molar-refractivity contribution in [3.05, 3.63) is 6.20 Å². The van der Waals surface area contributed by atoms with E-state index in [1.54, 1.807) is 11.1 Å². The van der Waals surface area contributed by atoms with Gasteiger partial charge in [0.2, 0.25) is 11.8 Å². The van der Waals surface area contributed by atoms with E-state index < -0.39 is 0 Å². The molecule has 0 radical (unpaired) electrons. The predicted octanol–water partition coefficient (Wildman–Crippen LogP) is 0.495. The summed E-state index contributed by atoms with van der Waals surface area (Å²) in [5.41, 5.74) is 0. The monoisotopic (exact) mass is 265 g/mol. The molecule has 1 aliphatic carbocycles. The Balaban J connectivity index is 1.89. The Kier molecular flexibility index (Phi) is 4.13. The Morgan fingerprint density at radius 3 is 2.68 bits per heavy atom. The average Bonchev–Trinajstić information content (AvgIpc) is 3.15. The molecule has 2 rings (SSSR count). The van der Waals surface area contributed by atoms with Crippen LogP contribution in [0.4, 0.5) is 5.82 Å². The van der Waals surface area contributed by atoms with Crippen LogP contribution in [0.25, 0.3) is 0 Å². The molecule has 0 aliphatic heterocycles. The minimum absolute atomic E-state index is 0.00466. The number of carbonyl (C=O) groups excluding carboxylic acids is 2. The second kappa shape index (κ2) is 5.81. The maximum Gasteiger partial charge on any atom is 0.244 e. The number of hydrogen-bond donors (Lipinski definition) is 1. The fraction of sp³-hybridized carbons (Fsp3) is 0.667. The zero-order chi connectivity index (χ0) is 13.8. The number of rotatable bonds is 6. The van der Waals surface area contributed by atoms with Gasteiger partial charge in [-0.3, -0.25) is 9.59 Å². The molecule has 0 unspecified atom stereocenters. The lowest BCUT2D eigenvalue weighted by atomic mass is 10.4. The lowest BCUT2D eigenvalue weighted by Gasteiger charge is -2.17. The first-order valence-electron chi connectivity index (χ1n) is 6.62. The quantitative estimate of drug-likeness (QED) is 0.812. The highest BCUT2D eigenvalue weighted by molar-refractivity contribution is 5.93. The van der Waals surface area contributed by atoms with E-state index in [2.05, 4.69) is 15.6 Å². The number of nitrogens with one attached hydrogen (secondary N) is 1. The summed E-state index contributed by atoms with van der Waals surface area (Å²) in [5.74, 6) is 0.517. The lowest BCUT2D eigenvalue weighted by Crippen LogP contribution is -2.33. The van der Waals surface area contributed by atoms with Crippen LogP contribution in [0.3, 0.4) is 0 Å². The van der Waals surface area contributed by atoms with Crippen molar-refractivity contribution in [2.45, 2.75) is 33.2 Å². The van der Waals surface area contributed by atoms with Crippen molar-refractivity contribution in [3.8, 4) is 0 Å². The third kappa shape index (κ3) is 3.52. The van der Waals surface area contributed by atoms with E-state index >= 15 is 0 Å². The first-order chi connectivity index (χ1) is 9.13. The summed E-state index contributed by atoms with van der Waals surface area (Å²) in [6.07, 6.45) is 3.47. The molecule has 1 saturated carbocycles. The smallest absolute Gasteiger partial charge is 0.244 e. The summed E-state index contributed by atoms with van der Waals surface area (Å²) >= 11 is 0. The first-order valence-corrected chi connectivity index (χ1v) is 6.62. The van der Waals surface area contributed by atoms with Crippen LogP contribution in [-0.2, 0) is 16.1 Å². The van der Waals surface area contributed by atoms with Gasteiger partial charge in [0, 0.05) is 19.0 Å². The Bertz CT molecular complexity index is 462.